The largest absolute Gasteiger partial charge is 0.495 e. The molecule has 0 aliphatic heterocycles. The number of sulfonamides is 1. The van der Waals surface area contributed by atoms with Gasteiger partial charge in [0.15, 0.2) is 0 Å². The highest BCUT2D eigenvalue weighted by Crippen LogP contribution is 2.27. The van der Waals surface area contributed by atoms with Crippen molar-refractivity contribution in [2.75, 3.05) is 7.11 Å². The topological polar surface area (TPSA) is 92.7 Å². The number of ether oxygens (including phenoxy) is 1. The summed E-state index contributed by atoms with van der Waals surface area (Å²) in [6, 6.07) is 3.22. The molecule has 0 spiro atoms. The van der Waals surface area contributed by atoms with Gasteiger partial charge in [-0.3, -0.25) is 4.79 Å². The Morgan fingerprint density at radius 2 is 2.11 bits per heavy atom. The van der Waals surface area contributed by atoms with Crippen LogP contribution in [-0.2, 0) is 14.8 Å². The van der Waals surface area contributed by atoms with E-state index in [9.17, 15) is 13.2 Å². The van der Waals surface area contributed by atoms with Gasteiger partial charge in [-0.15, -0.1) is 0 Å². The zero-order valence-corrected chi connectivity index (χ0v) is 12.1. The van der Waals surface area contributed by atoms with E-state index in [0.717, 1.165) is 0 Å². The molecule has 1 unspecified atom stereocenters. The highest BCUT2D eigenvalue weighted by Gasteiger charge is 2.24. The van der Waals surface area contributed by atoms with Crippen LogP contribution in [0, 0.1) is 0 Å². The predicted octanol–water partition coefficient (Wildman–Crippen LogP) is 1.21. The molecule has 6 nitrogen and oxygen atoms in total. The number of carboxylic acids is 1. The van der Waals surface area contributed by atoms with Crippen molar-refractivity contribution in [3.8, 4) is 5.75 Å². The summed E-state index contributed by atoms with van der Waals surface area (Å²) in [5.74, 6) is -1.11. The van der Waals surface area contributed by atoms with E-state index in [1.54, 1.807) is 6.07 Å². The van der Waals surface area contributed by atoms with Crippen molar-refractivity contribution in [1.82, 2.24) is 4.72 Å². The van der Waals surface area contributed by atoms with Crippen LogP contribution in [0.2, 0.25) is 0 Å². The Morgan fingerprint density at radius 3 is 2.61 bits per heavy atom. The summed E-state index contributed by atoms with van der Waals surface area (Å²) in [5, 5.41) is 8.71. The van der Waals surface area contributed by atoms with Crippen LogP contribution >= 0.6 is 15.9 Å². The molecule has 1 rings (SSSR count). The van der Waals surface area contributed by atoms with Crippen LogP contribution in [0.1, 0.15) is 6.92 Å². The molecule has 0 bridgehead atoms. The van der Waals surface area contributed by atoms with Crippen LogP contribution in [-0.4, -0.2) is 32.6 Å². The SMILES string of the molecule is COc1ccc(Br)cc1S(=O)(=O)NC(C)C(=O)O. The lowest BCUT2D eigenvalue weighted by atomic mass is 10.3. The Hall–Kier alpha value is -1.12. The standard InChI is InChI=1S/C10H12BrNO5S/c1-6(10(13)14)12-18(15,16)9-5-7(11)3-4-8(9)17-2/h3-6,12H,1-2H3,(H,13,14). The minimum absolute atomic E-state index is 0.118. The van der Waals surface area contributed by atoms with Crippen molar-refractivity contribution in [1.29, 1.82) is 0 Å². The average Bonchev–Trinajstić information content (AvgIpc) is 2.28. The third-order valence-electron chi connectivity index (χ3n) is 2.12. The Labute approximate surface area is 113 Å². The van der Waals surface area contributed by atoms with Gasteiger partial charge in [-0.25, -0.2) is 8.42 Å². The van der Waals surface area contributed by atoms with Crippen LogP contribution in [0.3, 0.4) is 0 Å². The quantitative estimate of drug-likeness (QED) is 0.842. The van der Waals surface area contributed by atoms with Gasteiger partial charge in [-0.05, 0) is 25.1 Å². The zero-order valence-electron chi connectivity index (χ0n) is 9.68. The molecule has 0 saturated carbocycles. The molecule has 2 N–H and O–H groups in total. The number of aliphatic carboxylic acids is 1. The van der Waals surface area contributed by atoms with Gasteiger partial charge in [0.1, 0.15) is 16.7 Å². The Balaban J connectivity index is 3.19. The molecule has 18 heavy (non-hydrogen) atoms. The Bertz CT molecular complexity index is 557. The maximum Gasteiger partial charge on any atom is 0.321 e. The predicted molar refractivity (Wildman–Crippen MR) is 68.1 cm³/mol. The first-order valence-corrected chi connectivity index (χ1v) is 7.14. The molecule has 0 aliphatic carbocycles. The van der Waals surface area contributed by atoms with Gasteiger partial charge in [-0.1, -0.05) is 15.9 Å². The first kappa shape index (κ1) is 14.9. The summed E-state index contributed by atoms with van der Waals surface area (Å²) in [4.78, 5) is 10.5. The smallest absolute Gasteiger partial charge is 0.321 e. The first-order chi connectivity index (χ1) is 8.27. The van der Waals surface area contributed by atoms with Gasteiger partial charge in [0.25, 0.3) is 0 Å². The van der Waals surface area contributed by atoms with E-state index < -0.39 is 22.0 Å². The number of carbonyl (C=O) groups is 1. The number of nitrogens with one attached hydrogen (secondary N) is 1. The van der Waals surface area contributed by atoms with Crippen LogP contribution in [0.15, 0.2) is 27.6 Å². The number of rotatable bonds is 5. The van der Waals surface area contributed by atoms with E-state index in [1.165, 1.54) is 26.2 Å². The summed E-state index contributed by atoms with van der Waals surface area (Å²) in [7, 11) is -2.62. The van der Waals surface area contributed by atoms with Crippen LogP contribution in [0.5, 0.6) is 5.75 Å². The molecular formula is C10H12BrNO5S. The van der Waals surface area contributed by atoms with Gasteiger partial charge >= 0.3 is 5.97 Å². The third kappa shape index (κ3) is 3.44. The molecule has 0 heterocycles. The molecule has 1 aromatic rings. The van der Waals surface area contributed by atoms with Crippen molar-refractivity contribution < 1.29 is 23.1 Å². The first-order valence-electron chi connectivity index (χ1n) is 4.86. The second-order valence-electron chi connectivity index (χ2n) is 3.48. The molecule has 1 aromatic carbocycles. The Kier molecular flexibility index (Phi) is 4.71. The lowest BCUT2D eigenvalue weighted by Gasteiger charge is -2.13. The number of halogens is 1. The van der Waals surface area contributed by atoms with E-state index in [0.29, 0.717) is 4.47 Å². The second kappa shape index (κ2) is 5.68. The molecule has 0 radical (unpaired) electrons. The average molecular weight is 338 g/mol. The maximum atomic E-state index is 12.0. The van der Waals surface area contributed by atoms with E-state index in [4.69, 9.17) is 9.84 Å². The molecule has 1 atom stereocenters. The van der Waals surface area contributed by atoms with Crippen molar-refractivity contribution in [2.45, 2.75) is 17.9 Å². The Morgan fingerprint density at radius 1 is 1.50 bits per heavy atom. The van der Waals surface area contributed by atoms with Crippen molar-refractivity contribution in [3.05, 3.63) is 22.7 Å². The van der Waals surface area contributed by atoms with E-state index >= 15 is 0 Å². The monoisotopic (exact) mass is 337 g/mol. The lowest BCUT2D eigenvalue weighted by molar-refractivity contribution is -0.138. The summed E-state index contributed by atoms with van der Waals surface area (Å²) < 4.78 is 31.5. The fourth-order valence-electron chi connectivity index (χ4n) is 1.21. The number of methoxy groups -OCH3 is 1. The number of benzene rings is 1. The van der Waals surface area contributed by atoms with Crippen molar-refractivity contribution >= 4 is 31.9 Å². The minimum Gasteiger partial charge on any atom is -0.495 e. The van der Waals surface area contributed by atoms with Crippen LogP contribution < -0.4 is 9.46 Å². The second-order valence-corrected chi connectivity index (χ2v) is 6.07. The molecule has 8 heteroatoms. The zero-order chi connectivity index (χ0) is 13.9. The normalized spacial score (nSPS) is 13.1. The van der Waals surface area contributed by atoms with E-state index in [2.05, 4.69) is 15.9 Å². The molecule has 0 aliphatic rings. The highest BCUT2D eigenvalue weighted by atomic mass is 79.9. The minimum atomic E-state index is -3.96. The third-order valence-corrected chi connectivity index (χ3v) is 4.17. The highest BCUT2D eigenvalue weighted by molar-refractivity contribution is 9.10. The molecule has 0 aromatic heterocycles. The molecule has 0 amide bonds. The molecular weight excluding hydrogens is 326 g/mol. The number of hydrogen-bond donors (Lipinski definition) is 2. The van der Waals surface area contributed by atoms with Gasteiger partial charge in [0.05, 0.1) is 7.11 Å². The van der Waals surface area contributed by atoms with E-state index in [-0.39, 0.29) is 10.6 Å². The van der Waals surface area contributed by atoms with E-state index in [1.807, 2.05) is 4.72 Å². The van der Waals surface area contributed by atoms with Gasteiger partial charge < -0.3 is 9.84 Å². The molecule has 0 saturated heterocycles. The summed E-state index contributed by atoms with van der Waals surface area (Å²) >= 11 is 3.15. The molecule has 100 valence electrons. The summed E-state index contributed by atoms with van der Waals surface area (Å²) in [6.45, 7) is 1.24. The van der Waals surface area contributed by atoms with Crippen molar-refractivity contribution in [3.63, 3.8) is 0 Å². The van der Waals surface area contributed by atoms with Gasteiger partial charge in [-0.2, -0.15) is 4.72 Å². The number of hydrogen-bond acceptors (Lipinski definition) is 4. The number of carboxylic acid groups (broad SMARTS) is 1. The summed E-state index contributed by atoms with van der Waals surface area (Å²) in [6.07, 6.45) is 0. The van der Waals surface area contributed by atoms with Crippen LogP contribution in [0.25, 0.3) is 0 Å². The van der Waals surface area contributed by atoms with Gasteiger partial charge in [0, 0.05) is 4.47 Å². The molecule has 0 fully saturated rings. The summed E-state index contributed by atoms with van der Waals surface area (Å²) in [5.41, 5.74) is 0. The fraction of sp³-hybridized carbons (Fsp3) is 0.300. The fourth-order valence-corrected chi connectivity index (χ4v) is 3.11. The van der Waals surface area contributed by atoms with Gasteiger partial charge in [0.2, 0.25) is 10.0 Å². The van der Waals surface area contributed by atoms with Crippen molar-refractivity contribution in [2.24, 2.45) is 0 Å². The maximum absolute atomic E-state index is 12.0. The van der Waals surface area contributed by atoms with Crippen LogP contribution in [0.4, 0.5) is 0 Å². The lowest BCUT2D eigenvalue weighted by Crippen LogP contribution is -2.38.